The van der Waals surface area contributed by atoms with Gasteiger partial charge in [0.25, 0.3) is 0 Å². The number of nitrogens with one attached hydrogen (secondary N) is 1. The third-order valence-electron chi connectivity index (χ3n) is 5.02. The van der Waals surface area contributed by atoms with Crippen LogP contribution < -0.4 is 14.8 Å². The van der Waals surface area contributed by atoms with E-state index in [0.717, 1.165) is 74.3 Å². The zero-order valence-electron chi connectivity index (χ0n) is 16.6. The smallest absolute Gasteiger partial charge is 0.168 e. The Hall–Kier alpha value is -1.83. The van der Waals surface area contributed by atoms with Crippen molar-refractivity contribution < 1.29 is 9.47 Å². The van der Waals surface area contributed by atoms with Crippen LogP contribution in [0.1, 0.15) is 17.5 Å². The Morgan fingerprint density at radius 3 is 2.79 bits per heavy atom. The number of thiophene rings is 1. The Balaban J connectivity index is 1.46. The van der Waals surface area contributed by atoms with Gasteiger partial charge in [0.1, 0.15) is 11.5 Å². The monoisotopic (exact) mass is 419 g/mol. The zero-order chi connectivity index (χ0) is 19.8. The second-order valence-corrected chi connectivity index (χ2v) is 8.07. The fourth-order valence-corrected chi connectivity index (χ4v) is 4.41. The van der Waals surface area contributed by atoms with E-state index in [1.165, 1.54) is 5.56 Å². The van der Waals surface area contributed by atoms with E-state index in [-0.39, 0.29) is 0 Å². The summed E-state index contributed by atoms with van der Waals surface area (Å²) < 4.78 is 10.8. The van der Waals surface area contributed by atoms with Crippen molar-refractivity contribution in [1.82, 2.24) is 15.1 Å². The van der Waals surface area contributed by atoms with Crippen molar-refractivity contribution >= 4 is 28.7 Å². The molecule has 0 amide bonds. The summed E-state index contributed by atoms with van der Waals surface area (Å²) in [7, 11) is 3.38. The van der Waals surface area contributed by atoms with Gasteiger partial charge in [-0.05, 0) is 71.2 Å². The maximum atomic E-state index is 5.66. The van der Waals surface area contributed by atoms with Crippen LogP contribution in [0.15, 0.2) is 35.0 Å². The molecular formula is C21H29N3O2S2. The molecule has 0 spiro atoms. The highest BCUT2D eigenvalue weighted by atomic mass is 32.1. The number of hydrogen-bond acceptors (Lipinski definition) is 5. The maximum Gasteiger partial charge on any atom is 0.168 e. The number of hydrogen-bond donors (Lipinski definition) is 1. The van der Waals surface area contributed by atoms with Crippen molar-refractivity contribution in [2.75, 3.05) is 46.9 Å². The Bertz CT molecular complexity index is 752. The quantitative estimate of drug-likeness (QED) is 0.694. The third-order valence-corrected chi connectivity index (χ3v) is 6.15. The van der Waals surface area contributed by atoms with Crippen LogP contribution in [0, 0.1) is 0 Å². The fraction of sp³-hybridized carbons (Fsp3) is 0.476. The number of ether oxygens (including phenoxy) is 2. The Kier molecular flexibility index (Phi) is 7.94. The topological polar surface area (TPSA) is 37.0 Å². The van der Waals surface area contributed by atoms with Gasteiger partial charge in [-0.25, -0.2) is 0 Å². The summed E-state index contributed by atoms with van der Waals surface area (Å²) in [6, 6.07) is 8.10. The first-order chi connectivity index (χ1) is 13.7. The van der Waals surface area contributed by atoms with Gasteiger partial charge in [-0.2, -0.15) is 11.3 Å². The highest BCUT2D eigenvalue weighted by Gasteiger charge is 2.17. The molecule has 1 N–H and O–H groups in total. The van der Waals surface area contributed by atoms with Crippen LogP contribution in [0.2, 0.25) is 0 Å². The van der Waals surface area contributed by atoms with Gasteiger partial charge in [0, 0.05) is 39.3 Å². The lowest BCUT2D eigenvalue weighted by Gasteiger charge is -2.24. The molecular weight excluding hydrogens is 390 g/mol. The van der Waals surface area contributed by atoms with Crippen molar-refractivity contribution in [2.45, 2.75) is 19.4 Å². The normalized spacial score (nSPS) is 15.1. The summed E-state index contributed by atoms with van der Waals surface area (Å²) in [5, 5.41) is 8.65. The van der Waals surface area contributed by atoms with Crippen molar-refractivity contribution in [3.63, 3.8) is 0 Å². The highest BCUT2D eigenvalue weighted by molar-refractivity contribution is 7.80. The number of nitrogens with zero attached hydrogens (tertiary/aromatic N) is 2. The minimum atomic E-state index is 0.775. The first-order valence-corrected chi connectivity index (χ1v) is 11.0. The van der Waals surface area contributed by atoms with Gasteiger partial charge in [-0.15, -0.1) is 0 Å². The standard InChI is InChI=1S/C21H29N3O2S2/c1-25-19-4-5-20(26-2)18(14-19)6-8-22-21(27)24-10-3-9-23(11-12-24)15-17-7-13-28-16-17/h4-5,7,13-14,16H,3,6,8-12,15H2,1-2H3,(H,22,27). The number of benzene rings is 1. The molecule has 5 nitrogen and oxygen atoms in total. The second-order valence-electron chi connectivity index (χ2n) is 6.91. The van der Waals surface area contributed by atoms with Crippen molar-refractivity contribution in [3.05, 3.63) is 46.2 Å². The van der Waals surface area contributed by atoms with Gasteiger partial charge in [-0.1, -0.05) is 0 Å². The van der Waals surface area contributed by atoms with Crippen LogP contribution in [-0.4, -0.2) is 61.9 Å². The van der Waals surface area contributed by atoms with E-state index in [9.17, 15) is 0 Å². The number of thiocarbonyl (C=S) groups is 1. The molecule has 152 valence electrons. The maximum absolute atomic E-state index is 5.66. The molecule has 0 radical (unpaired) electrons. The molecule has 2 heterocycles. The summed E-state index contributed by atoms with van der Waals surface area (Å²) in [6.07, 6.45) is 1.97. The van der Waals surface area contributed by atoms with Gasteiger partial charge in [0.2, 0.25) is 0 Å². The van der Waals surface area contributed by atoms with Crippen LogP contribution in [0.25, 0.3) is 0 Å². The lowest BCUT2D eigenvalue weighted by molar-refractivity contribution is 0.278. The molecule has 1 aliphatic heterocycles. The van der Waals surface area contributed by atoms with Crippen molar-refractivity contribution in [3.8, 4) is 11.5 Å². The van der Waals surface area contributed by atoms with Gasteiger partial charge in [0.15, 0.2) is 5.11 Å². The molecule has 1 aromatic carbocycles. The van der Waals surface area contributed by atoms with E-state index in [2.05, 4.69) is 31.9 Å². The van der Waals surface area contributed by atoms with Crippen LogP contribution in [0.3, 0.4) is 0 Å². The molecule has 0 saturated carbocycles. The Labute approximate surface area is 177 Å². The molecule has 28 heavy (non-hydrogen) atoms. The lowest BCUT2D eigenvalue weighted by Crippen LogP contribution is -2.42. The largest absolute Gasteiger partial charge is 0.497 e. The zero-order valence-corrected chi connectivity index (χ0v) is 18.3. The summed E-state index contributed by atoms with van der Waals surface area (Å²) in [6.45, 7) is 5.95. The summed E-state index contributed by atoms with van der Waals surface area (Å²) in [5.74, 6) is 1.73. The predicted molar refractivity (Wildman–Crippen MR) is 120 cm³/mol. The summed E-state index contributed by atoms with van der Waals surface area (Å²) >= 11 is 7.42. The Morgan fingerprint density at radius 1 is 1.14 bits per heavy atom. The average molecular weight is 420 g/mol. The SMILES string of the molecule is COc1ccc(OC)c(CCNC(=S)N2CCCN(Cc3ccsc3)CC2)c1. The highest BCUT2D eigenvalue weighted by Crippen LogP contribution is 2.24. The number of rotatable bonds is 7. The molecule has 1 saturated heterocycles. The molecule has 2 aromatic rings. The van der Waals surface area contributed by atoms with Gasteiger partial charge < -0.3 is 19.7 Å². The molecule has 1 aromatic heterocycles. The fourth-order valence-electron chi connectivity index (χ4n) is 3.47. The van der Waals surface area contributed by atoms with Gasteiger partial charge in [-0.3, -0.25) is 4.90 Å². The minimum absolute atomic E-state index is 0.775. The number of methoxy groups -OCH3 is 2. The minimum Gasteiger partial charge on any atom is -0.497 e. The van der Waals surface area contributed by atoms with Crippen molar-refractivity contribution in [1.29, 1.82) is 0 Å². The first kappa shape index (κ1) is 20.9. The van der Waals surface area contributed by atoms with Crippen molar-refractivity contribution in [2.24, 2.45) is 0 Å². The summed E-state index contributed by atoms with van der Waals surface area (Å²) in [4.78, 5) is 4.82. The van der Waals surface area contributed by atoms with Gasteiger partial charge >= 0.3 is 0 Å². The third kappa shape index (κ3) is 5.83. The molecule has 1 fully saturated rings. The average Bonchev–Trinajstić information content (AvgIpc) is 3.11. The first-order valence-electron chi connectivity index (χ1n) is 9.66. The summed E-state index contributed by atoms with van der Waals surface area (Å²) in [5.41, 5.74) is 2.53. The molecule has 0 unspecified atom stereocenters. The molecule has 0 bridgehead atoms. The van der Waals surface area contributed by atoms with Crippen LogP contribution in [0.4, 0.5) is 0 Å². The van der Waals surface area contributed by atoms with Gasteiger partial charge in [0.05, 0.1) is 14.2 Å². The van der Waals surface area contributed by atoms with E-state index < -0.39 is 0 Å². The molecule has 3 rings (SSSR count). The van der Waals surface area contributed by atoms with Crippen LogP contribution in [0.5, 0.6) is 11.5 Å². The van der Waals surface area contributed by atoms with E-state index in [4.69, 9.17) is 21.7 Å². The Morgan fingerprint density at radius 2 is 2.04 bits per heavy atom. The molecule has 0 atom stereocenters. The van der Waals surface area contributed by atoms with E-state index in [1.807, 2.05) is 18.2 Å². The van der Waals surface area contributed by atoms with E-state index >= 15 is 0 Å². The van der Waals surface area contributed by atoms with E-state index in [0.29, 0.717) is 0 Å². The predicted octanol–water partition coefficient (Wildman–Crippen LogP) is 3.39. The molecule has 1 aliphatic rings. The van der Waals surface area contributed by atoms with E-state index in [1.54, 1.807) is 25.6 Å². The molecule has 7 heteroatoms. The van der Waals surface area contributed by atoms with Crippen LogP contribution >= 0.6 is 23.6 Å². The lowest BCUT2D eigenvalue weighted by atomic mass is 10.1. The second kappa shape index (κ2) is 10.6. The van der Waals surface area contributed by atoms with Crippen LogP contribution in [-0.2, 0) is 13.0 Å². The molecule has 0 aliphatic carbocycles.